The molecular weight excluding hydrogens is 235 g/mol. The molecular formula is C9H16Cl2N4. The van der Waals surface area contributed by atoms with Crippen molar-refractivity contribution in [1.29, 1.82) is 0 Å². The predicted molar refractivity (Wildman–Crippen MR) is 66.0 cm³/mol. The van der Waals surface area contributed by atoms with E-state index in [1.54, 1.807) is 12.4 Å². The number of anilines is 1. The van der Waals surface area contributed by atoms with Crippen LogP contribution in [0.15, 0.2) is 18.5 Å². The van der Waals surface area contributed by atoms with Crippen LogP contribution < -0.4 is 10.6 Å². The fourth-order valence-electron chi connectivity index (χ4n) is 1.53. The number of rotatable bonds is 2. The largest absolute Gasteiger partial charge is 0.350 e. The molecule has 0 saturated carbocycles. The van der Waals surface area contributed by atoms with Gasteiger partial charge in [-0.05, 0) is 25.5 Å². The molecule has 1 fully saturated rings. The highest BCUT2D eigenvalue weighted by Crippen LogP contribution is 2.06. The van der Waals surface area contributed by atoms with E-state index < -0.39 is 0 Å². The van der Waals surface area contributed by atoms with Gasteiger partial charge in [0, 0.05) is 25.0 Å². The first kappa shape index (κ1) is 14.4. The Morgan fingerprint density at radius 2 is 2.00 bits per heavy atom. The maximum absolute atomic E-state index is 4.12. The maximum atomic E-state index is 4.12. The van der Waals surface area contributed by atoms with Crippen molar-refractivity contribution in [2.45, 2.75) is 18.9 Å². The molecule has 0 amide bonds. The second-order valence-electron chi connectivity index (χ2n) is 3.26. The molecule has 1 aromatic rings. The molecule has 2 heterocycles. The standard InChI is InChI=1S/C9H14N4.2ClH/c1-3-8(7-10-4-1)13-9-11-5-2-6-12-9;;/h2,5-6,8,10H,1,3-4,7H2,(H,11,12,13);2*1H/t8-;;/m1../s1. The molecule has 2 rings (SSSR count). The van der Waals surface area contributed by atoms with Gasteiger partial charge in [0.1, 0.15) is 0 Å². The number of piperidine rings is 1. The van der Waals surface area contributed by atoms with Gasteiger partial charge in [0.15, 0.2) is 0 Å². The number of nitrogens with zero attached hydrogens (tertiary/aromatic N) is 2. The van der Waals surface area contributed by atoms with Crippen LogP contribution in [0, 0.1) is 0 Å². The van der Waals surface area contributed by atoms with Crippen LogP contribution in [-0.4, -0.2) is 29.1 Å². The predicted octanol–water partition coefficient (Wildman–Crippen LogP) is 1.48. The highest BCUT2D eigenvalue weighted by atomic mass is 35.5. The van der Waals surface area contributed by atoms with E-state index in [1.165, 1.54) is 12.8 Å². The summed E-state index contributed by atoms with van der Waals surface area (Å²) in [5, 5.41) is 6.63. The molecule has 6 heteroatoms. The summed E-state index contributed by atoms with van der Waals surface area (Å²) >= 11 is 0. The van der Waals surface area contributed by atoms with Crippen LogP contribution in [0.4, 0.5) is 5.95 Å². The third kappa shape index (κ3) is 4.64. The summed E-state index contributed by atoms with van der Waals surface area (Å²) in [6.45, 7) is 2.14. The van der Waals surface area contributed by atoms with Crippen LogP contribution >= 0.6 is 24.8 Å². The smallest absolute Gasteiger partial charge is 0.222 e. The lowest BCUT2D eigenvalue weighted by Crippen LogP contribution is -2.38. The Labute approximate surface area is 102 Å². The van der Waals surface area contributed by atoms with Gasteiger partial charge in [-0.2, -0.15) is 0 Å². The van der Waals surface area contributed by atoms with Gasteiger partial charge < -0.3 is 10.6 Å². The Morgan fingerprint density at radius 3 is 2.60 bits per heavy atom. The molecule has 0 bridgehead atoms. The summed E-state index contributed by atoms with van der Waals surface area (Å²) in [4.78, 5) is 8.25. The molecule has 1 aliphatic heterocycles. The quantitative estimate of drug-likeness (QED) is 0.836. The molecule has 0 unspecified atom stereocenters. The fraction of sp³-hybridized carbons (Fsp3) is 0.556. The van der Waals surface area contributed by atoms with Gasteiger partial charge in [-0.15, -0.1) is 24.8 Å². The van der Waals surface area contributed by atoms with Crippen molar-refractivity contribution in [3.05, 3.63) is 18.5 Å². The van der Waals surface area contributed by atoms with Gasteiger partial charge in [-0.1, -0.05) is 0 Å². The van der Waals surface area contributed by atoms with Crippen molar-refractivity contribution < 1.29 is 0 Å². The first-order valence-corrected chi connectivity index (χ1v) is 4.69. The van der Waals surface area contributed by atoms with Gasteiger partial charge in [0.25, 0.3) is 0 Å². The van der Waals surface area contributed by atoms with Crippen LogP contribution in [0.5, 0.6) is 0 Å². The Kier molecular flexibility index (Phi) is 7.38. The Hall–Kier alpha value is -0.580. The van der Waals surface area contributed by atoms with Crippen molar-refractivity contribution in [2.24, 2.45) is 0 Å². The molecule has 1 saturated heterocycles. The minimum atomic E-state index is 0. The normalized spacial score (nSPS) is 19.6. The Morgan fingerprint density at radius 1 is 1.27 bits per heavy atom. The summed E-state index contributed by atoms with van der Waals surface area (Å²) in [5.74, 6) is 0.733. The first-order chi connectivity index (χ1) is 6.45. The molecule has 4 nitrogen and oxygen atoms in total. The van der Waals surface area contributed by atoms with Gasteiger partial charge in [0.05, 0.1) is 0 Å². The van der Waals surface area contributed by atoms with Crippen molar-refractivity contribution in [3.8, 4) is 0 Å². The molecule has 0 spiro atoms. The van der Waals surface area contributed by atoms with E-state index >= 15 is 0 Å². The topological polar surface area (TPSA) is 49.8 Å². The van der Waals surface area contributed by atoms with E-state index in [-0.39, 0.29) is 24.8 Å². The average molecular weight is 251 g/mol. The van der Waals surface area contributed by atoms with Crippen LogP contribution in [0.3, 0.4) is 0 Å². The molecule has 2 N–H and O–H groups in total. The summed E-state index contributed by atoms with van der Waals surface area (Å²) in [7, 11) is 0. The zero-order valence-electron chi connectivity index (χ0n) is 8.35. The number of halogens is 2. The third-order valence-electron chi connectivity index (χ3n) is 2.20. The molecule has 1 aromatic heterocycles. The van der Waals surface area contributed by atoms with E-state index in [0.29, 0.717) is 6.04 Å². The minimum absolute atomic E-state index is 0. The second-order valence-corrected chi connectivity index (χ2v) is 3.26. The van der Waals surface area contributed by atoms with Gasteiger partial charge >= 0.3 is 0 Å². The highest BCUT2D eigenvalue weighted by molar-refractivity contribution is 5.85. The van der Waals surface area contributed by atoms with Gasteiger partial charge in [0.2, 0.25) is 5.95 Å². The Balaban J connectivity index is 0.000000980. The first-order valence-electron chi connectivity index (χ1n) is 4.69. The third-order valence-corrected chi connectivity index (χ3v) is 2.20. The van der Waals surface area contributed by atoms with Crippen molar-refractivity contribution in [2.75, 3.05) is 18.4 Å². The van der Waals surface area contributed by atoms with Gasteiger partial charge in [-0.25, -0.2) is 9.97 Å². The summed E-state index contributed by atoms with van der Waals surface area (Å²) in [5.41, 5.74) is 0. The van der Waals surface area contributed by atoms with Crippen LogP contribution in [0.1, 0.15) is 12.8 Å². The van der Waals surface area contributed by atoms with Crippen molar-refractivity contribution in [1.82, 2.24) is 15.3 Å². The molecule has 0 radical (unpaired) electrons. The Bertz CT molecular complexity index is 252. The number of hydrogen-bond donors (Lipinski definition) is 2. The zero-order valence-corrected chi connectivity index (χ0v) is 9.98. The summed E-state index contributed by atoms with van der Waals surface area (Å²) < 4.78 is 0. The van der Waals surface area contributed by atoms with Crippen LogP contribution in [-0.2, 0) is 0 Å². The van der Waals surface area contributed by atoms with Crippen LogP contribution in [0.25, 0.3) is 0 Å². The summed E-state index contributed by atoms with van der Waals surface area (Å²) in [6, 6.07) is 2.31. The molecule has 1 atom stereocenters. The highest BCUT2D eigenvalue weighted by Gasteiger charge is 2.12. The van der Waals surface area contributed by atoms with Crippen LogP contribution in [0.2, 0.25) is 0 Å². The fourth-order valence-corrected chi connectivity index (χ4v) is 1.53. The SMILES string of the molecule is Cl.Cl.c1cnc(N[C@@H]2CCCNC2)nc1. The lowest BCUT2D eigenvalue weighted by molar-refractivity contribution is 0.478. The van der Waals surface area contributed by atoms with E-state index in [1.807, 2.05) is 6.07 Å². The van der Waals surface area contributed by atoms with Gasteiger partial charge in [-0.3, -0.25) is 0 Å². The van der Waals surface area contributed by atoms with E-state index in [0.717, 1.165) is 19.0 Å². The number of aromatic nitrogens is 2. The zero-order chi connectivity index (χ0) is 8.93. The molecule has 0 aromatic carbocycles. The lowest BCUT2D eigenvalue weighted by atomic mass is 10.1. The molecule has 15 heavy (non-hydrogen) atoms. The van der Waals surface area contributed by atoms with E-state index in [2.05, 4.69) is 20.6 Å². The number of nitrogens with one attached hydrogen (secondary N) is 2. The van der Waals surface area contributed by atoms with E-state index in [4.69, 9.17) is 0 Å². The molecule has 86 valence electrons. The van der Waals surface area contributed by atoms with E-state index in [9.17, 15) is 0 Å². The average Bonchev–Trinajstić information content (AvgIpc) is 2.21. The lowest BCUT2D eigenvalue weighted by Gasteiger charge is -2.23. The maximum Gasteiger partial charge on any atom is 0.222 e. The van der Waals surface area contributed by atoms with Crippen molar-refractivity contribution >= 4 is 30.8 Å². The number of hydrogen-bond acceptors (Lipinski definition) is 4. The van der Waals surface area contributed by atoms with Crippen molar-refractivity contribution in [3.63, 3.8) is 0 Å². The second kappa shape index (κ2) is 7.68. The summed E-state index contributed by atoms with van der Waals surface area (Å²) in [6.07, 6.45) is 5.94. The monoisotopic (exact) mass is 250 g/mol. The minimum Gasteiger partial charge on any atom is -0.350 e. The molecule has 0 aliphatic carbocycles. The molecule has 1 aliphatic rings.